The van der Waals surface area contributed by atoms with Crippen LogP contribution in [0.4, 0.5) is 0 Å². The van der Waals surface area contributed by atoms with E-state index in [4.69, 9.17) is 14.2 Å². The van der Waals surface area contributed by atoms with Gasteiger partial charge in [-0.15, -0.1) is 0 Å². The lowest BCUT2D eigenvalue weighted by molar-refractivity contribution is 0.0994. The molecule has 0 aliphatic heterocycles. The minimum Gasteiger partial charge on any atom is -0.497 e. The van der Waals surface area contributed by atoms with Crippen molar-refractivity contribution >= 4 is 43.4 Å². The van der Waals surface area contributed by atoms with Gasteiger partial charge in [-0.05, 0) is 36.4 Å². The number of hydrogen-bond donors (Lipinski definition) is 0. The first-order chi connectivity index (χ1) is 13.1. The van der Waals surface area contributed by atoms with Crippen molar-refractivity contribution in [2.75, 3.05) is 27.9 Å². The summed E-state index contributed by atoms with van der Waals surface area (Å²) in [5.41, 5.74) is 1.36. The minimum absolute atomic E-state index is 0.355. The van der Waals surface area contributed by atoms with Crippen molar-refractivity contribution in [3.63, 3.8) is 0 Å². The molecular formula is C19H19BrN2O4S. The Kier molecular flexibility index (Phi) is 6.30. The highest BCUT2D eigenvalue weighted by atomic mass is 79.9. The number of rotatable bonds is 6. The Hall–Kier alpha value is -2.16. The van der Waals surface area contributed by atoms with Crippen LogP contribution in [-0.2, 0) is 11.3 Å². The number of methoxy groups -OCH3 is 3. The average molecular weight is 451 g/mol. The summed E-state index contributed by atoms with van der Waals surface area (Å²) in [5, 5.41) is 0. The third-order valence-corrected chi connectivity index (χ3v) is 5.53. The molecule has 0 saturated carbocycles. The molecule has 6 nitrogen and oxygen atoms in total. The number of carbonyl (C=O) groups is 1. The molecule has 27 heavy (non-hydrogen) atoms. The number of ether oxygens (including phenoxy) is 3. The molecule has 0 atom stereocenters. The predicted molar refractivity (Wildman–Crippen MR) is 109 cm³/mol. The molecule has 0 unspecified atom stereocenters. The number of fused-ring (bicyclic) bond motifs is 1. The maximum Gasteiger partial charge on any atom is 0.283 e. The topological polar surface area (TPSA) is 62.1 Å². The van der Waals surface area contributed by atoms with Crippen LogP contribution < -0.4 is 14.3 Å². The van der Waals surface area contributed by atoms with E-state index >= 15 is 0 Å². The van der Waals surface area contributed by atoms with Gasteiger partial charge in [0.25, 0.3) is 5.91 Å². The molecule has 142 valence electrons. The van der Waals surface area contributed by atoms with Crippen molar-refractivity contribution in [1.29, 1.82) is 0 Å². The maximum absolute atomic E-state index is 12.9. The number of amides is 1. The Morgan fingerprint density at radius 3 is 2.67 bits per heavy atom. The van der Waals surface area contributed by atoms with Gasteiger partial charge in [-0.1, -0.05) is 27.3 Å². The summed E-state index contributed by atoms with van der Waals surface area (Å²) in [6.07, 6.45) is 0. The van der Waals surface area contributed by atoms with E-state index in [1.807, 2.05) is 22.8 Å². The molecule has 0 aliphatic rings. The molecule has 0 spiro atoms. The van der Waals surface area contributed by atoms with Crippen molar-refractivity contribution in [3.05, 3.63) is 51.2 Å². The van der Waals surface area contributed by atoms with Crippen LogP contribution in [0.1, 0.15) is 10.4 Å². The lowest BCUT2D eigenvalue weighted by Crippen LogP contribution is -2.19. The summed E-state index contributed by atoms with van der Waals surface area (Å²) in [7, 11) is 4.72. The van der Waals surface area contributed by atoms with E-state index in [0.717, 1.165) is 14.7 Å². The second-order valence-electron chi connectivity index (χ2n) is 5.62. The largest absolute Gasteiger partial charge is 0.497 e. The molecule has 0 bridgehead atoms. The van der Waals surface area contributed by atoms with Gasteiger partial charge in [-0.3, -0.25) is 4.79 Å². The molecular weight excluding hydrogens is 432 g/mol. The second kappa shape index (κ2) is 8.69. The molecule has 0 radical (unpaired) electrons. The summed E-state index contributed by atoms with van der Waals surface area (Å²) in [4.78, 5) is 17.9. The third kappa shape index (κ3) is 4.23. The summed E-state index contributed by atoms with van der Waals surface area (Å²) < 4.78 is 19.7. The fourth-order valence-corrected chi connectivity index (χ4v) is 4.27. The van der Waals surface area contributed by atoms with Crippen LogP contribution in [0.5, 0.6) is 11.5 Å². The van der Waals surface area contributed by atoms with E-state index in [1.54, 1.807) is 32.4 Å². The normalized spacial score (nSPS) is 11.8. The Bertz CT molecular complexity index is 1040. The van der Waals surface area contributed by atoms with Crippen molar-refractivity contribution < 1.29 is 19.0 Å². The van der Waals surface area contributed by atoms with Crippen molar-refractivity contribution in [1.82, 2.24) is 4.57 Å². The zero-order valence-corrected chi connectivity index (χ0v) is 17.6. The highest BCUT2D eigenvalue weighted by molar-refractivity contribution is 9.10. The van der Waals surface area contributed by atoms with Gasteiger partial charge >= 0.3 is 0 Å². The number of aromatic nitrogens is 1. The van der Waals surface area contributed by atoms with Crippen LogP contribution in [0.2, 0.25) is 0 Å². The lowest BCUT2D eigenvalue weighted by atomic mass is 10.2. The van der Waals surface area contributed by atoms with Gasteiger partial charge < -0.3 is 18.8 Å². The van der Waals surface area contributed by atoms with Crippen molar-refractivity contribution in [2.24, 2.45) is 4.99 Å². The average Bonchev–Trinajstić information content (AvgIpc) is 3.01. The predicted octanol–water partition coefficient (Wildman–Crippen LogP) is 3.87. The fourth-order valence-electron chi connectivity index (χ4n) is 2.66. The number of carbonyl (C=O) groups excluding carboxylic acids is 1. The highest BCUT2D eigenvalue weighted by Gasteiger charge is 2.15. The number of benzene rings is 2. The number of hydrogen-bond acceptors (Lipinski definition) is 5. The standard InChI is InChI=1S/C19H19BrN2O4S/c1-24-9-8-22-15-6-4-12(20)10-17(15)27-19(22)21-18(23)14-11-13(25-2)5-7-16(14)26-3/h4-7,10-11H,8-9H2,1-3H3. The quantitative estimate of drug-likeness (QED) is 0.571. The Balaban J connectivity index is 2.13. The van der Waals surface area contributed by atoms with Crippen LogP contribution in [0.3, 0.4) is 0 Å². The zero-order chi connectivity index (χ0) is 19.4. The highest BCUT2D eigenvalue weighted by Crippen LogP contribution is 2.25. The first-order valence-electron chi connectivity index (χ1n) is 8.16. The van der Waals surface area contributed by atoms with Gasteiger partial charge in [0.15, 0.2) is 4.80 Å². The number of halogens is 1. The Morgan fingerprint density at radius 2 is 1.96 bits per heavy atom. The SMILES string of the molecule is COCCn1c(=NC(=O)c2cc(OC)ccc2OC)sc2cc(Br)ccc21. The van der Waals surface area contributed by atoms with Crippen LogP contribution >= 0.6 is 27.3 Å². The molecule has 2 aromatic carbocycles. The van der Waals surface area contributed by atoms with E-state index in [-0.39, 0.29) is 5.91 Å². The number of nitrogens with zero attached hydrogens (tertiary/aromatic N) is 2. The minimum atomic E-state index is -0.387. The molecule has 0 fully saturated rings. The molecule has 0 aliphatic carbocycles. The van der Waals surface area contributed by atoms with E-state index < -0.39 is 0 Å². The summed E-state index contributed by atoms with van der Waals surface area (Å²) in [6.45, 7) is 1.12. The van der Waals surface area contributed by atoms with Gasteiger partial charge in [0, 0.05) is 18.1 Å². The molecule has 1 amide bonds. The van der Waals surface area contributed by atoms with Crippen molar-refractivity contribution in [3.8, 4) is 11.5 Å². The van der Waals surface area contributed by atoms with Crippen LogP contribution in [0, 0.1) is 0 Å². The molecule has 0 N–H and O–H groups in total. The van der Waals surface area contributed by atoms with E-state index in [1.165, 1.54) is 18.4 Å². The van der Waals surface area contributed by atoms with Gasteiger partial charge in [-0.2, -0.15) is 4.99 Å². The molecule has 1 aromatic heterocycles. The molecule has 0 saturated heterocycles. The smallest absolute Gasteiger partial charge is 0.283 e. The molecule has 8 heteroatoms. The van der Waals surface area contributed by atoms with E-state index in [9.17, 15) is 4.79 Å². The zero-order valence-electron chi connectivity index (χ0n) is 15.2. The molecule has 1 heterocycles. The van der Waals surface area contributed by atoms with Gasteiger partial charge in [0.2, 0.25) is 0 Å². The van der Waals surface area contributed by atoms with Gasteiger partial charge in [0.1, 0.15) is 11.5 Å². The first kappa shape index (κ1) is 19.6. The van der Waals surface area contributed by atoms with Crippen LogP contribution in [0.25, 0.3) is 10.2 Å². The molecule has 3 aromatic rings. The lowest BCUT2D eigenvalue weighted by Gasteiger charge is -2.08. The Morgan fingerprint density at radius 1 is 1.15 bits per heavy atom. The van der Waals surface area contributed by atoms with Gasteiger partial charge in [-0.25, -0.2) is 0 Å². The number of thiazole rings is 1. The van der Waals surface area contributed by atoms with Gasteiger partial charge in [0.05, 0.1) is 36.6 Å². The van der Waals surface area contributed by atoms with Crippen LogP contribution in [-0.4, -0.2) is 38.4 Å². The summed E-state index contributed by atoms with van der Waals surface area (Å²) >= 11 is 4.94. The maximum atomic E-state index is 12.9. The van der Waals surface area contributed by atoms with Crippen molar-refractivity contribution in [2.45, 2.75) is 6.54 Å². The summed E-state index contributed by atoms with van der Waals surface area (Å²) in [5.74, 6) is 0.640. The Labute approximate surface area is 169 Å². The van der Waals surface area contributed by atoms with E-state index in [2.05, 4.69) is 20.9 Å². The fraction of sp³-hybridized carbons (Fsp3) is 0.263. The third-order valence-electron chi connectivity index (χ3n) is 4.00. The molecule has 3 rings (SSSR count). The first-order valence-corrected chi connectivity index (χ1v) is 9.77. The van der Waals surface area contributed by atoms with E-state index in [0.29, 0.717) is 35.0 Å². The second-order valence-corrected chi connectivity index (χ2v) is 7.55. The monoisotopic (exact) mass is 450 g/mol. The van der Waals surface area contributed by atoms with Crippen LogP contribution in [0.15, 0.2) is 45.9 Å². The summed E-state index contributed by atoms with van der Waals surface area (Å²) in [6, 6.07) is 11.1.